The van der Waals surface area contributed by atoms with E-state index >= 15 is 0 Å². The molecule has 3 aliphatic carbocycles. The molecule has 3 aliphatic rings. The van der Waals surface area contributed by atoms with Crippen molar-refractivity contribution in [1.82, 2.24) is 5.32 Å². The second-order valence-corrected chi connectivity index (χ2v) is 7.68. The molecule has 2 fully saturated rings. The van der Waals surface area contributed by atoms with Gasteiger partial charge in [-0.1, -0.05) is 61.7 Å². The Morgan fingerprint density at radius 1 is 1.00 bits per heavy atom. The van der Waals surface area contributed by atoms with Crippen LogP contribution in [-0.4, -0.2) is 5.91 Å². The van der Waals surface area contributed by atoms with Crippen LogP contribution in [-0.2, 0) is 4.79 Å². The van der Waals surface area contributed by atoms with Crippen LogP contribution in [0.4, 0.5) is 0 Å². The van der Waals surface area contributed by atoms with E-state index in [4.69, 9.17) is 0 Å². The molecule has 2 bridgehead atoms. The molecule has 1 aromatic carbocycles. The Balaban J connectivity index is 1.51. The van der Waals surface area contributed by atoms with Crippen LogP contribution in [0.15, 0.2) is 42.5 Å². The van der Waals surface area contributed by atoms with E-state index in [9.17, 15) is 4.79 Å². The first-order valence-corrected chi connectivity index (χ1v) is 9.35. The predicted molar refractivity (Wildman–Crippen MR) is 92.7 cm³/mol. The number of carbonyl (C=O) groups excluding carboxylic acids is 1. The number of carbonyl (C=O) groups is 1. The van der Waals surface area contributed by atoms with Gasteiger partial charge in [0.05, 0.1) is 6.04 Å². The quantitative estimate of drug-likeness (QED) is 0.807. The Hall–Kier alpha value is -1.57. The molecule has 0 aliphatic heterocycles. The summed E-state index contributed by atoms with van der Waals surface area (Å²) in [5.74, 6) is 2.24. The van der Waals surface area contributed by atoms with Gasteiger partial charge >= 0.3 is 0 Å². The van der Waals surface area contributed by atoms with Gasteiger partial charge in [0.15, 0.2) is 0 Å². The molecule has 2 nitrogen and oxygen atoms in total. The topological polar surface area (TPSA) is 29.1 Å². The molecule has 2 heteroatoms. The highest BCUT2D eigenvalue weighted by Crippen LogP contribution is 2.44. The lowest BCUT2D eigenvalue weighted by atomic mass is 9.80. The number of allylic oxidation sites excluding steroid dienone is 2. The zero-order chi connectivity index (χ0) is 15.6. The summed E-state index contributed by atoms with van der Waals surface area (Å²) >= 11 is 0. The van der Waals surface area contributed by atoms with E-state index in [0.29, 0.717) is 23.7 Å². The summed E-state index contributed by atoms with van der Waals surface area (Å²) in [7, 11) is 0. The van der Waals surface area contributed by atoms with Crippen LogP contribution < -0.4 is 5.32 Å². The minimum atomic E-state index is 0.201. The minimum absolute atomic E-state index is 0.201. The fraction of sp³-hybridized carbons (Fsp3) is 0.571. The van der Waals surface area contributed by atoms with E-state index in [1.165, 1.54) is 44.1 Å². The maximum Gasteiger partial charge on any atom is 0.224 e. The fourth-order valence-corrected chi connectivity index (χ4v) is 4.94. The van der Waals surface area contributed by atoms with Crippen molar-refractivity contribution in [3.63, 3.8) is 0 Å². The molecule has 4 rings (SSSR count). The van der Waals surface area contributed by atoms with Crippen molar-refractivity contribution < 1.29 is 4.79 Å². The molecule has 122 valence electrons. The summed E-state index contributed by atoms with van der Waals surface area (Å²) in [6.07, 6.45) is 13.3. The van der Waals surface area contributed by atoms with Crippen LogP contribution in [0, 0.1) is 23.7 Å². The van der Waals surface area contributed by atoms with E-state index < -0.39 is 0 Å². The molecule has 1 amide bonds. The second kappa shape index (κ2) is 6.51. The van der Waals surface area contributed by atoms with Crippen molar-refractivity contribution in [2.24, 2.45) is 23.7 Å². The molecular formula is C21H27NO. The summed E-state index contributed by atoms with van der Waals surface area (Å²) < 4.78 is 0. The van der Waals surface area contributed by atoms with Crippen molar-refractivity contribution >= 4 is 5.91 Å². The summed E-state index contributed by atoms with van der Waals surface area (Å²) in [5, 5.41) is 3.46. The van der Waals surface area contributed by atoms with Gasteiger partial charge in [0, 0.05) is 5.92 Å². The second-order valence-electron chi connectivity index (χ2n) is 7.68. The van der Waals surface area contributed by atoms with Crippen LogP contribution in [0.3, 0.4) is 0 Å². The standard InChI is InChI=1S/C21H27NO/c23-21(19-14-15-11-12-18(19)13-15)22-20(16-7-3-1-4-8-16)17-9-5-2-6-10-17/h1,3-4,7-8,11-12,15,17-20H,2,5-6,9-10,13-14H2,(H,22,23)/t15-,18-,19+,20+/m0/s1. The van der Waals surface area contributed by atoms with E-state index in [1.807, 2.05) is 0 Å². The summed E-state index contributed by atoms with van der Waals surface area (Å²) in [6, 6.07) is 10.8. The zero-order valence-electron chi connectivity index (χ0n) is 13.8. The Bertz CT molecular complexity index is 573. The first-order chi connectivity index (χ1) is 11.3. The van der Waals surface area contributed by atoms with Crippen molar-refractivity contribution in [1.29, 1.82) is 0 Å². The van der Waals surface area contributed by atoms with Crippen LogP contribution in [0.5, 0.6) is 0 Å². The molecule has 0 spiro atoms. The van der Waals surface area contributed by atoms with Gasteiger partial charge in [-0.05, 0) is 49.0 Å². The smallest absolute Gasteiger partial charge is 0.224 e. The Morgan fingerprint density at radius 3 is 2.43 bits per heavy atom. The van der Waals surface area contributed by atoms with Gasteiger partial charge in [0.1, 0.15) is 0 Å². The minimum Gasteiger partial charge on any atom is -0.349 e. The van der Waals surface area contributed by atoms with Gasteiger partial charge in [-0.3, -0.25) is 4.79 Å². The predicted octanol–water partition coefficient (Wildman–Crippen LogP) is 4.64. The monoisotopic (exact) mass is 309 g/mol. The first kappa shape index (κ1) is 15.0. The van der Waals surface area contributed by atoms with Gasteiger partial charge in [-0.2, -0.15) is 0 Å². The number of hydrogen-bond donors (Lipinski definition) is 1. The lowest BCUT2D eigenvalue weighted by Crippen LogP contribution is -2.39. The maximum absolute atomic E-state index is 12.9. The summed E-state index contributed by atoms with van der Waals surface area (Å²) in [5.41, 5.74) is 1.28. The molecule has 1 N–H and O–H groups in total. The number of hydrogen-bond acceptors (Lipinski definition) is 1. The average molecular weight is 309 g/mol. The largest absolute Gasteiger partial charge is 0.349 e. The molecule has 1 aromatic rings. The molecular weight excluding hydrogens is 282 g/mol. The SMILES string of the molecule is O=C(N[C@H](c1ccccc1)C1CCCCC1)[C@@H]1C[C@H]2C=C[C@H]1C2. The molecule has 23 heavy (non-hydrogen) atoms. The molecule has 0 saturated heterocycles. The Morgan fingerprint density at radius 2 is 1.78 bits per heavy atom. The van der Waals surface area contributed by atoms with Crippen LogP contribution in [0.1, 0.15) is 56.6 Å². The highest BCUT2D eigenvalue weighted by atomic mass is 16.2. The lowest BCUT2D eigenvalue weighted by Gasteiger charge is -2.32. The van der Waals surface area contributed by atoms with E-state index in [1.54, 1.807) is 0 Å². The van der Waals surface area contributed by atoms with E-state index in [-0.39, 0.29) is 12.0 Å². The zero-order valence-corrected chi connectivity index (χ0v) is 13.8. The molecule has 0 heterocycles. The first-order valence-electron chi connectivity index (χ1n) is 9.35. The average Bonchev–Trinajstić information content (AvgIpc) is 3.24. The fourth-order valence-electron chi connectivity index (χ4n) is 4.94. The van der Waals surface area contributed by atoms with Gasteiger partial charge in [0.25, 0.3) is 0 Å². The number of nitrogens with one attached hydrogen (secondary N) is 1. The van der Waals surface area contributed by atoms with E-state index in [2.05, 4.69) is 47.8 Å². The molecule has 0 radical (unpaired) electrons. The highest BCUT2D eigenvalue weighted by molar-refractivity contribution is 5.80. The summed E-state index contributed by atoms with van der Waals surface area (Å²) in [6.45, 7) is 0. The van der Waals surface area contributed by atoms with Gasteiger partial charge in [-0.25, -0.2) is 0 Å². The highest BCUT2D eigenvalue weighted by Gasteiger charge is 2.40. The van der Waals surface area contributed by atoms with Crippen molar-refractivity contribution in [2.75, 3.05) is 0 Å². The van der Waals surface area contributed by atoms with Crippen molar-refractivity contribution in [2.45, 2.75) is 51.0 Å². The van der Waals surface area contributed by atoms with Gasteiger partial charge in [-0.15, -0.1) is 0 Å². The van der Waals surface area contributed by atoms with Crippen LogP contribution >= 0.6 is 0 Å². The van der Waals surface area contributed by atoms with Crippen molar-refractivity contribution in [3.05, 3.63) is 48.0 Å². The molecule has 2 saturated carbocycles. The number of benzene rings is 1. The number of amides is 1. The lowest BCUT2D eigenvalue weighted by molar-refractivity contribution is -0.127. The van der Waals surface area contributed by atoms with Crippen molar-refractivity contribution in [3.8, 4) is 0 Å². The Kier molecular flexibility index (Phi) is 4.24. The molecule has 0 unspecified atom stereocenters. The maximum atomic E-state index is 12.9. The number of rotatable bonds is 4. The summed E-state index contributed by atoms with van der Waals surface area (Å²) in [4.78, 5) is 12.9. The Labute approximate surface area is 139 Å². The van der Waals surface area contributed by atoms with Gasteiger partial charge < -0.3 is 5.32 Å². The number of fused-ring (bicyclic) bond motifs is 2. The van der Waals surface area contributed by atoms with Crippen LogP contribution in [0.25, 0.3) is 0 Å². The van der Waals surface area contributed by atoms with E-state index in [0.717, 1.165) is 6.42 Å². The molecule has 0 aromatic heterocycles. The van der Waals surface area contributed by atoms with Gasteiger partial charge in [0.2, 0.25) is 5.91 Å². The molecule has 4 atom stereocenters. The third kappa shape index (κ3) is 3.08. The van der Waals surface area contributed by atoms with Crippen LogP contribution in [0.2, 0.25) is 0 Å². The normalized spacial score (nSPS) is 31.2. The third-order valence-corrected chi connectivity index (χ3v) is 6.19. The third-order valence-electron chi connectivity index (χ3n) is 6.19.